The highest BCUT2D eigenvalue weighted by molar-refractivity contribution is 14.0. The number of rotatable bonds is 7. The Morgan fingerprint density at radius 1 is 1.14 bits per heavy atom. The van der Waals surface area contributed by atoms with Crippen LogP contribution in [-0.2, 0) is 16.8 Å². The van der Waals surface area contributed by atoms with Gasteiger partial charge in [0.1, 0.15) is 6.54 Å². The molecule has 2 N–H and O–H groups in total. The zero-order valence-corrected chi connectivity index (χ0v) is 19.6. The molecule has 7 heteroatoms. The van der Waals surface area contributed by atoms with Gasteiger partial charge in [-0.1, -0.05) is 42.8 Å². The van der Waals surface area contributed by atoms with E-state index in [1.165, 1.54) is 29.7 Å². The summed E-state index contributed by atoms with van der Waals surface area (Å²) in [6.07, 6.45) is 3.61. The van der Waals surface area contributed by atoms with Crippen LogP contribution < -0.4 is 10.6 Å². The number of nitrogens with zero attached hydrogens (tertiary/aromatic N) is 2. The summed E-state index contributed by atoms with van der Waals surface area (Å²) in [5.74, 6) is 0.689. The number of carbonyl (C=O) groups is 1. The van der Waals surface area contributed by atoms with Gasteiger partial charge in [0.25, 0.3) is 0 Å². The van der Waals surface area contributed by atoms with E-state index in [2.05, 4.69) is 57.4 Å². The van der Waals surface area contributed by atoms with Gasteiger partial charge in [-0.3, -0.25) is 4.79 Å². The van der Waals surface area contributed by atoms with Crippen molar-refractivity contribution in [2.45, 2.75) is 31.2 Å². The van der Waals surface area contributed by atoms with Gasteiger partial charge in [-0.25, -0.2) is 4.99 Å². The molecule has 0 spiro atoms. The van der Waals surface area contributed by atoms with E-state index in [0.717, 1.165) is 6.54 Å². The van der Waals surface area contributed by atoms with Crippen molar-refractivity contribution in [3.05, 3.63) is 58.3 Å². The molecule has 1 aliphatic rings. The SMILES string of the molecule is CN(C)C(=O)CN=C(NCc1cccs1)NCC1(c2ccccc2)CCC1.I. The molecule has 1 saturated carbocycles. The van der Waals surface area contributed by atoms with Gasteiger partial charge in [0.2, 0.25) is 5.91 Å². The van der Waals surface area contributed by atoms with Crippen molar-refractivity contribution in [1.29, 1.82) is 0 Å². The summed E-state index contributed by atoms with van der Waals surface area (Å²) >= 11 is 1.71. The number of aliphatic imine (C=N–C) groups is 1. The molecule has 1 aromatic heterocycles. The second kappa shape index (κ2) is 10.8. The minimum Gasteiger partial charge on any atom is -0.355 e. The van der Waals surface area contributed by atoms with E-state index < -0.39 is 0 Å². The van der Waals surface area contributed by atoms with Crippen LogP contribution in [0, 0.1) is 0 Å². The normalized spacial score (nSPS) is 15.1. The van der Waals surface area contributed by atoms with Gasteiger partial charge in [-0.15, -0.1) is 35.3 Å². The van der Waals surface area contributed by atoms with Crippen molar-refractivity contribution in [3.63, 3.8) is 0 Å². The first-order valence-corrected chi connectivity index (χ1v) is 10.3. The van der Waals surface area contributed by atoms with Crippen molar-refractivity contribution in [2.24, 2.45) is 4.99 Å². The lowest BCUT2D eigenvalue weighted by Gasteiger charge is -2.43. The van der Waals surface area contributed by atoms with Crippen LogP contribution in [-0.4, -0.2) is 44.0 Å². The molecule has 1 heterocycles. The monoisotopic (exact) mass is 512 g/mol. The molecular formula is C21H29IN4OS. The van der Waals surface area contributed by atoms with Crippen LogP contribution in [0.25, 0.3) is 0 Å². The molecule has 152 valence electrons. The fourth-order valence-electron chi connectivity index (χ4n) is 3.26. The van der Waals surface area contributed by atoms with E-state index in [1.54, 1.807) is 30.3 Å². The van der Waals surface area contributed by atoms with Crippen molar-refractivity contribution < 1.29 is 4.79 Å². The predicted octanol–water partition coefficient (Wildman–Crippen LogP) is 3.61. The van der Waals surface area contributed by atoms with E-state index in [0.29, 0.717) is 12.5 Å². The lowest BCUT2D eigenvalue weighted by molar-refractivity contribution is -0.127. The van der Waals surface area contributed by atoms with Crippen LogP contribution in [0.2, 0.25) is 0 Å². The molecule has 0 bridgehead atoms. The zero-order valence-electron chi connectivity index (χ0n) is 16.5. The number of halogens is 1. The van der Waals surface area contributed by atoms with E-state index in [1.807, 2.05) is 6.07 Å². The molecule has 1 aromatic carbocycles. The smallest absolute Gasteiger partial charge is 0.243 e. The molecule has 1 fully saturated rings. The Hall–Kier alpha value is -1.61. The largest absolute Gasteiger partial charge is 0.355 e. The van der Waals surface area contributed by atoms with Crippen LogP contribution in [0.3, 0.4) is 0 Å². The summed E-state index contributed by atoms with van der Waals surface area (Å²) < 4.78 is 0. The van der Waals surface area contributed by atoms with Crippen LogP contribution in [0.4, 0.5) is 0 Å². The number of hydrogen-bond donors (Lipinski definition) is 2. The van der Waals surface area contributed by atoms with Crippen molar-refractivity contribution in [1.82, 2.24) is 15.5 Å². The third kappa shape index (κ3) is 5.94. The van der Waals surface area contributed by atoms with Gasteiger partial charge in [0.15, 0.2) is 5.96 Å². The molecule has 0 saturated heterocycles. The average Bonchev–Trinajstić information content (AvgIpc) is 3.16. The molecule has 0 radical (unpaired) electrons. The Balaban J connectivity index is 0.00000280. The van der Waals surface area contributed by atoms with Crippen LogP contribution >= 0.6 is 35.3 Å². The summed E-state index contributed by atoms with van der Waals surface area (Å²) in [7, 11) is 3.51. The van der Waals surface area contributed by atoms with Gasteiger partial charge in [-0.05, 0) is 29.9 Å². The lowest BCUT2D eigenvalue weighted by Crippen LogP contribution is -2.49. The standard InChI is InChI=1S/C21H28N4OS.HI/c1-25(2)19(26)15-23-20(22-14-18-10-6-13-27-18)24-16-21(11-7-12-21)17-8-4-3-5-9-17;/h3-6,8-10,13H,7,11-12,14-16H2,1-2H3,(H2,22,23,24);1H. The average molecular weight is 512 g/mol. The fraction of sp³-hybridized carbons (Fsp3) is 0.429. The first kappa shape index (κ1) is 22.7. The molecule has 0 aliphatic heterocycles. The third-order valence-corrected chi connectivity index (χ3v) is 6.05. The minimum atomic E-state index is -0.00589. The number of thiophene rings is 1. The summed E-state index contributed by atoms with van der Waals surface area (Å²) in [5, 5.41) is 8.92. The van der Waals surface area contributed by atoms with Gasteiger partial charge in [-0.2, -0.15) is 0 Å². The maximum Gasteiger partial charge on any atom is 0.243 e. The molecule has 1 aliphatic carbocycles. The summed E-state index contributed by atoms with van der Waals surface area (Å²) in [4.78, 5) is 19.3. The number of nitrogens with one attached hydrogen (secondary N) is 2. The Morgan fingerprint density at radius 3 is 2.46 bits per heavy atom. The van der Waals surface area contributed by atoms with Gasteiger partial charge >= 0.3 is 0 Å². The third-order valence-electron chi connectivity index (χ3n) is 5.17. The summed E-state index contributed by atoms with van der Waals surface area (Å²) in [5.41, 5.74) is 1.55. The van der Waals surface area contributed by atoms with E-state index >= 15 is 0 Å². The van der Waals surface area contributed by atoms with Crippen LogP contribution in [0.1, 0.15) is 29.7 Å². The topological polar surface area (TPSA) is 56.7 Å². The first-order valence-electron chi connectivity index (χ1n) is 9.39. The van der Waals surface area contributed by atoms with Crippen molar-refractivity contribution >= 4 is 47.2 Å². The van der Waals surface area contributed by atoms with E-state index in [-0.39, 0.29) is 41.8 Å². The molecule has 0 unspecified atom stereocenters. The maximum absolute atomic E-state index is 11.9. The fourth-order valence-corrected chi connectivity index (χ4v) is 3.91. The van der Waals surface area contributed by atoms with Gasteiger partial charge in [0, 0.05) is 30.9 Å². The predicted molar refractivity (Wildman–Crippen MR) is 128 cm³/mol. The number of hydrogen-bond acceptors (Lipinski definition) is 3. The number of guanidine groups is 1. The second-order valence-electron chi connectivity index (χ2n) is 7.24. The number of amides is 1. The number of carbonyl (C=O) groups excluding carboxylic acids is 1. The Bertz CT molecular complexity index is 758. The molecule has 1 amide bonds. The quantitative estimate of drug-likeness (QED) is 0.339. The molecule has 0 atom stereocenters. The first-order chi connectivity index (χ1) is 13.1. The summed E-state index contributed by atoms with van der Waals surface area (Å²) in [6.45, 7) is 1.67. The van der Waals surface area contributed by atoms with Crippen LogP contribution in [0.5, 0.6) is 0 Å². The van der Waals surface area contributed by atoms with Gasteiger partial charge < -0.3 is 15.5 Å². The minimum absolute atomic E-state index is 0. The Morgan fingerprint density at radius 2 is 1.89 bits per heavy atom. The van der Waals surface area contributed by atoms with Crippen molar-refractivity contribution in [2.75, 3.05) is 27.2 Å². The molecule has 28 heavy (non-hydrogen) atoms. The molecular weight excluding hydrogens is 483 g/mol. The number of benzene rings is 1. The number of likely N-dealkylation sites (N-methyl/N-ethyl adjacent to an activating group) is 1. The van der Waals surface area contributed by atoms with E-state index in [9.17, 15) is 4.79 Å². The lowest BCUT2D eigenvalue weighted by atomic mass is 9.64. The second-order valence-corrected chi connectivity index (χ2v) is 8.27. The van der Waals surface area contributed by atoms with E-state index in [4.69, 9.17) is 0 Å². The summed E-state index contributed by atoms with van der Waals surface area (Å²) in [6, 6.07) is 14.8. The van der Waals surface area contributed by atoms with Crippen molar-refractivity contribution in [3.8, 4) is 0 Å². The molecule has 5 nitrogen and oxygen atoms in total. The molecule has 2 aromatic rings. The zero-order chi connectivity index (χ0) is 19.1. The molecule has 3 rings (SSSR count). The Labute approximate surface area is 188 Å². The van der Waals surface area contributed by atoms with Crippen LogP contribution in [0.15, 0.2) is 52.8 Å². The highest BCUT2D eigenvalue weighted by Gasteiger charge is 2.38. The van der Waals surface area contributed by atoms with Gasteiger partial charge in [0.05, 0.1) is 6.54 Å². The Kier molecular flexibility index (Phi) is 8.75. The maximum atomic E-state index is 11.9. The highest BCUT2D eigenvalue weighted by Crippen LogP contribution is 2.43. The highest BCUT2D eigenvalue weighted by atomic mass is 127.